The summed E-state index contributed by atoms with van der Waals surface area (Å²) in [6.45, 7) is 8.74. The minimum atomic E-state index is -0.987. The Morgan fingerprint density at radius 2 is 1.69 bits per heavy atom. The zero-order chi connectivity index (χ0) is 30.4. The van der Waals surface area contributed by atoms with Crippen molar-refractivity contribution >= 4 is 17.9 Å². The van der Waals surface area contributed by atoms with E-state index in [1.165, 1.54) is 14.0 Å². The summed E-state index contributed by atoms with van der Waals surface area (Å²) < 4.78 is 11.0. The van der Waals surface area contributed by atoms with Gasteiger partial charge in [0.1, 0.15) is 6.10 Å². The molecule has 7 nitrogen and oxygen atoms in total. The minimum Gasteiger partial charge on any atom is -0.481 e. The molecule has 0 radical (unpaired) electrons. The Kier molecular flexibility index (Phi) is 8.56. The third-order valence-corrected chi connectivity index (χ3v) is 12.7. The van der Waals surface area contributed by atoms with Crippen molar-refractivity contribution in [2.75, 3.05) is 7.11 Å². The quantitative estimate of drug-likeness (QED) is 0.326. The van der Waals surface area contributed by atoms with E-state index in [1.54, 1.807) is 12.1 Å². The van der Waals surface area contributed by atoms with Gasteiger partial charge in [-0.25, -0.2) is 4.79 Å². The van der Waals surface area contributed by atoms with E-state index in [0.717, 1.165) is 56.9 Å². The molecule has 0 saturated heterocycles. The molecule has 1 aromatic carbocycles. The molecule has 5 rings (SSSR count). The number of ether oxygens (including phenoxy) is 2. The first-order valence-electron chi connectivity index (χ1n) is 16.1. The normalized spacial score (nSPS) is 39.8. The van der Waals surface area contributed by atoms with Crippen LogP contribution in [0.25, 0.3) is 0 Å². The summed E-state index contributed by atoms with van der Waals surface area (Å²) in [5.41, 5.74) is 0.542. The summed E-state index contributed by atoms with van der Waals surface area (Å²) in [7, 11) is 1.37. The average molecular weight is 583 g/mol. The maximum Gasteiger partial charge on any atom is 0.337 e. The van der Waals surface area contributed by atoms with Crippen molar-refractivity contribution in [3.8, 4) is 0 Å². The van der Waals surface area contributed by atoms with Gasteiger partial charge in [-0.3, -0.25) is 9.59 Å². The molecule has 0 aliphatic heterocycles. The molecule has 232 valence electrons. The number of rotatable bonds is 8. The molecule has 10 atom stereocenters. The van der Waals surface area contributed by atoms with Crippen molar-refractivity contribution in [3.63, 3.8) is 0 Å². The van der Waals surface area contributed by atoms with Crippen LogP contribution >= 0.6 is 0 Å². The van der Waals surface area contributed by atoms with Crippen molar-refractivity contribution in [2.45, 2.75) is 110 Å². The Bertz CT molecular complexity index is 1180. The molecule has 4 aliphatic carbocycles. The molecule has 0 spiro atoms. The van der Waals surface area contributed by atoms with Crippen LogP contribution < -0.4 is 0 Å². The number of aliphatic hydroxyl groups is 1. The van der Waals surface area contributed by atoms with Gasteiger partial charge in [0.15, 0.2) is 0 Å². The van der Waals surface area contributed by atoms with Crippen LogP contribution in [-0.2, 0) is 24.7 Å². The number of carbonyl (C=O) groups excluding carboxylic acids is 2. The number of fused-ring (bicyclic) bond motifs is 5. The number of hydrogen-bond acceptors (Lipinski definition) is 6. The first-order valence-corrected chi connectivity index (χ1v) is 16.1. The number of aliphatic carboxylic acids is 1. The molecule has 4 aliphatic rings. The largest absolute Gasteiger partial charge is 0.481 e. The third-order valence-electron chi connectivity index (χ3n) is 12.7. The number of methoxy groups -OCH3 is 1. The van der Waals surface area contributed by atoms with Crippen LogP contribution in [0.5, 0.6) is 0 Å². The van der Waals surface area contributed by atoms with Crippen molar-refractivity contribution in [1.29, 1.82) is 0 Å². The van der Waals surface area contributed by atoms with Crippen LogP contribution in [0.2, 0.25) is 0 Å². The van der Waals surface area contributed by atoms with Crippen LogP contribution in [0.3, 0.4) is 0 Å². The maximum atomic E-state index is 12.4. The second-order valence-corrected chi connectivity index (χ2v) is 14.7. The Balaban J connectivity index is 1.38. The highest BCUT2D eigenvalue weighted by atomic mass is 16.5. The summed E-state index contributed by atoms with van der Waals surface area (Å²) in [6.07, 6.45) is 9.28. The van der Waals surface area contributed by atoms with E-state index >= 15 is 0 Å². The summed E-state index contributed by atoms with van der Waals surface area (Å²) in [5.74, 6) is 1.16. The minimum absolute atomic E-state index is 0.0615. The highest BCUT2D eigenvalue weighted by molar-refractivity contribution is 5.89. The van der Waals surface area contributed by atoms with E-state index in [1.807, 2.05) is 12.1 Å². The number of esters is 2. The smallest absolute Gasteiger partial charge is 0.337 e. The number of benzene rings is 1. The van der Waals surface area contributed by atoms with Crippen molar-refractivity contribution in [3.05, 3.63) is 35.4 Å². The van der Waals surface area contributed by atoms with Gasteiger partial charge >= 0.3 is 17.9 Å². The van der Waals surface area contributed by atoms with E-state index in [0.29, 0.717) is 48.0 Å². The molecule has 42 heavy (non-hydrogen) atoms. The van der Waals surface area contributed by atoms with Gasteiger partial charge in [0.25, 0.3) is 0 Å². The van der Waals surface area contributed by atoms with Gasteiger partial charge < -0.3 is 19.7 Å². The first-order chi connectivity index (χ1) is 19.8. The second-order valence-electron chi connectivity index (χ2n) is 14.7. The first kappa shape index (κ1) is 31.0. The lowest BCUT2D eigenvalue weighted by Gasteiger charge is -2.63. The maximum absolute atomic E-state index is 12.4. The number of carbonyl (C=O) groups is 3. The molecule has 0 aromatic heterocycles. The summed E-state index contributed by atoms with van der Waals surface area (Å²) in [5, 5.41) is 21.1. The van der Waals surface area contributed by atoms with Gasteiger partial charge in [0.05, 0.1) is 18.3 Å². The standard InChI is InChI=1S/C35H50O7/c1-21(7-6-8-30(37)38)26-13-14-27-31-28(15-16-34(26,27)4)33(3)17-18-35(40,20-25(33)19-29(31)42-22(2)36)24-11-9-23(10-12-24)32(39)41-5/h9-12,21,25-29,31,40H,6-8,13-20H2,1-5H3,(H,37,38)/t21-,25-,26-,27+,28+,29-,31+,33+,34-,35+/m1/s1. The van der Waals surface area contributed by atoms with Crippen LogP contribution in [0.1, 0.15) is 114 Å². The van der Waals surface area contributed by atoms with Crippen molar-refractivity contribution in [2.24, 2.45) is 46.3 Å². The van der Waals surface area contributed by atoms with Crippen LogP contribution in [0.4, 0.5) is 0 Å². The monoisotopic (exact) mass is 582 g/mol. The lowest BCUT2D eigenvalue weighted by atomic mass is 9.42. The van der Waals surface area contributed by atoms with E-state index < -0.39 is 11.6 Å². The van der Waals surface area contributed by atoms with Gasteiger partial charge in [0.2, 0.25) is 0 Å². The van der Waals surface area contributed by atoms with Gasteiger partial charge in [-0.15, -0.1) is 0 Å². The Hall–Kier alpha value is -2.41. The molecular weight excluding hydrogens is 532 g/mol. The molecule has 4 saturated carbocycles. The molecule has 7 heteroatoms. The Labute approximate surface area is 250 Å². The molecule has 4 fully saturated rings. The number of carboxylic acid groups (broad SMARTS) is 1. The fourth-order valence-electron chi connectivity index (χ4n) is 10.6. The second kappa shape index (κ2) is 11.6. The molecule has 0 heterocycles. The Morgan fingerprint density at radius 3 is 2.33 bits per heavy atom. The third kappa shape index (κ3) is 5.39. The summed E-state index contributed by atoms with van der Waals surface area (Å²) >= 11 is 0. The van der Waals surface area contributed by atoms with Gasteiger partial charge in [-0.05, 0) is 122 Å². The van der Waals surface area contributed by atoms with E-state index in [-0.39, 0.29) is 41.2 Å². The topological polar surface area (TPSA) is 110 Å². The van der Waals surface area contributed by atoms with Crippen LogP contribution in [0, 0.1) is 46.3 Å². The lowest BCUT2D eigenvalue weighted by molar-refractivity contribution is -0.204. The van der Waals surface area contributed by atoms with Gasteiger partial charge in [0, 0.05) is 19.3 Å². The summed E-state index contributed by atoms with van der Waals surface area (Å²) in [4.78, 5) is 35.5. The fourth-order valence-corrected chi connectivity index (χ4v) is 10.6. The van der Waals surface area contributed by atoms with Gasteiger partial charge in [-0.1, -0.05) is 32.9 Å². The molecule has 0 amide bonds. The van der Waals surface area contributed by atoms with Gasteiger partial charge in [-0.2, -0.15) is 0 Å². The van der Waals surface area contributed by atoms with Crippen LogP contribution in [0.15, 0.2) is 24.3 Å². The highest BCUT2D eigenvalue weighted by Gasteiger charge is 2.64. The molecule has 1 aromatic rings. The van der Waals surface area contributed by atoms with Crippen LogP contribution in [-0.4, -0.2) is 41.3 Å². The predicted molar refractivity (Wildman–Crippen MR) is 158 cm³/mol. The Morgan fingerprint density at radius 1 is 1.00 bits per heavy atom. The fraction of sp³-hybridized carbons (Fsp3) is 0.743. The molecule has 0 unspecified atom stereocenters. The number of hydrogen-bond donors (Lipinski definition) is 2. The SMILES string of the molecule is COC(=O)c1ccc([C@]2(O)CC[C@@]3(C)[C@H](C[C@@H](OC(C)=O)[C@@H]4[C@@H]3CC[C@]3(C)[C@@H]([C@H](C)CCCC(=O)O)CC[C@@H]43)C2)cc1. The number of carboxylic acids is 1. The van der Waals surface area contributed by atoms with E-state index in [2.05, 4.69) is 20.8 Å². The molecule has 0 bridgehead atoms. The van der Waals surface area contributed by atoms with E-state index in [9.17, 15) is 19.5 Å². The molecule has 2 N–H and O–H groups in total. The average Bonchev–Trinajstić information content (AvgIpc) is 3.30. The van der Waals surface area contributed by atoms with Crippen molar-refractivity contribution < 1.29 is 34.1 Å². The lowest BCUT2D eigenvalue weighted by Crippen LogP contribution is -2.60. The van der Waals surface area contributed by atoms with Crippen molar-refractivity contribution in [1.82, 2.24) is 0 Å². The highest BCUT2D eigenvalue weighted by Crippen LogP contribution is 2.69. The zero-order valence-electron chi connectivity index (χ0n) is 26.1. The molecular formula is C35H50O7. The zero-order valence-corrected chi connectivity index (χ0v) is 26.1. The summed E-state index contributed by atoms with van der Waals surface area (Å²) in [6, 6.07) is 7.16. The predicted octanol–water partition coefficient (Wildman–Crippen LogP) is 6.75. The van der Waals surface area contributed by atoms with E-state index in [4.69, 9.17) is 14.6 Å².